The van der Waals surface area contributed by atoms with Crippen LogP contribution >= 0.6 is 0 Å². The molecule has 1 aliphatic rings. The Balaban J connectivity index is 1.53. The van der Waals surface area contributed by atoms with Gasteiger partial charge < -0.3 is 10.1 Å². The molecule has 29 heavy (non-hydrogen) atoms. The van der Waals surface area contributed by atoms with Crippen molar-refractivity contribution in [1.29, 1.82) is 0 Å². The SMILES string of the molecule is CC(C)(C)c1ccc(NC(=O)COC(=O)CN2C(=O)C(=O)c3ccccc32)cc1. The van der Waals surface area contributed by atoms with E-state index in [1.165, 1.54) is 6.07 Å². The van der Waals surface area contributed by atoms with Gasteiger partial charge in [-0.3, -0.25) is 24.1 Å². The van der Waals surface area contributed by atoms with Gasteiger partial charge in [0, 0.05) is 5.69 Å². The molecular weight excluding hydrogens is 372 g/mol. The van der Waals surface area contributed by atoms with Gasteiger partial charge in [-0.05, 0) is 35.2 Å². The van der Waals surface area contributed by atoms with Gasteiger partial charge in [0.25, 0.3) is 17.6 Å². The molecule has 0 saturated heterocycles. The lowest BCUT2D eigenvalue weighted by atomic mass is 9.87. The van der Waals surface area contributed by atoms with Crippen molar-refractivity contribution in [2.45, 2.75) is 26.2 Å². The molecule has 0 atom stereocenters. The number of Topliss-reactive ketones (excluding diaryl/α,β-unsaturated/α-hetero) is 1. The molecule has 7 nitrogen and oxygen atoms in total. The number of para-hydroxylation sites is 1. The minimum Gasteiger partial charge on any atom is -0.454 e. The van der Waals surface area contributed by atoms with Crippen LogP contribution in [0, 0.1) is 0 Å². The maximum absolute atomic E-state index is 12.1. The van der Waals surface area contributed by atoms with Gasteiger partial charge in [-0.2, -0.15) is 0 Å². The Kier molecular flexibility index (Phi) is 5.50. The molecule has 0 unspecified atom stereocenters. The molecule has 0 spiro atoms. The van der Waals surface area contributed by atoms with Gasteiger partial charge in [0.05, 0.1) is 11.3 Å². The van der Waals surface area contributed by atoms with Crippen LogP contribution in [-0.2, 0) is 24.5 Å². The molecule has 0 aromatic heterocycles. The number of nitrogens with one attached hydrogen (secondary N) is 1. The van der Waals surface area contributed by atoms with Crippen LogP contribution in [0.2, 0.25) is 0 Å². The number of hydrogen-bond donors (Lipinski definition) is 1. The zero-order valence-electron chi connectivity index (χ0n) is 16.5. The van der Waals surface area contributed by atoms with Crippen LogP contribution in [0.15, 0.2) is 48.5 Å². The van der Waals surface area contributed by atoms with E-state index in [1.54, 1.807) is 30.3 Å². The van der Waals surface area contributed by atoms with Gasteiger partial charge in [0.1, 0.15) is 6.54 Å². The van der Waals surface area contributed by atoms with Crippen molar-refractivity contribution in [3.8, 4) is 0 Å². The molecule has 150 valence electrons. The first kappa shape index (κ1) is 20.3. The van der Waals surface area contributed by atoms with Crippen LogP contribution in [-0.4, -0.2) is 36.7 Å². The monoisotopic (exact) mass is 394 g/mol. The topological polar surface area (TPSA) is 92.8 Å². The average Bonchev–Trinajstić information content (AvgIpc) is 2.91. The Bertz CT molecular complexity index is 973. The zero-order valence-corrected chi connectivity index (χ0v) is 16.5. The maximum atomic E-state index is 12.1. The number of hydrogen-bond acceptors (Lipinski definition) is 5. The molecule has 1 heterocycles. The second-order valence-electron chi connectivity index (χ2n) is 7.77. The van der Waals surface area contributed by atoms with Crippen molar-refractivity contribution in [2.75, 3.05) is 23.4 Å². The predicted octanol–water partition coefficient (Wildman–Crippen LogP) is 2.70. The molecule has 0 fully saturated rings. The van der Waals surface area contributed by atoms with E-state index in [9.17, 15) is 19.2 Å². The standard InChI is InChI=1S/C22H22N2O5/c1-22(2,3)14-8-10-15(11-9-14)23-18(25)13-29-19(26)12-24-17-7-5-4-6-16(17)20(27)21(24)28/h4-11H,12-13H2,1-3H3,(H,23,25). The van der Waals surface area contributed by atoms with Crippen LogP contribution in [0.25, 0.3) is 0 Å². The molecule has 0 bridgehead atoms. The molecule has 2 aromatic carbocycles. The maximum Gasteiger partial charge on any atom is 0.326 e. The van der Waals surface area contributed by atoms with Crippen molar-refractivity contribution in [2.24, 2.45) is 0 Å². The minimum absolute atomic E-state index is 0.00504. The molecule has 1 N–H and O–H groups in total. The van der Waals surface area contributed by atoms with Crippen molar-refractivity contribution in [3.05, 3.63) is 59.7 Å². The molecule has 3 rings (SSSR count). The fraction of sp³-hybridized carbons (Fsp3) is 0.273. The summed E-state index contributed by atoms with van der Waals surface area (Å²) in [5.74, 6) is -2.72. The molecule has 1 aliphatic heterocycles. The predicted molar refractivity (Wildman–Crippen MR) is 108 cm³/mol. The Labute approximate surface area is 168 Å². The van der Waals surface area contributed by atoms with Crippen molar-refractivity contribution < 1.29 is 23.9 Å². The second kappa shape index (κ2) is 7.87. The number of rotatable bonds is 5. The lowest BCUT2D eigenvalue weighted by Gasteiger charge is -2.19. The lowest BCUT2D eigenvalue weighted by Crippen LogP contribution is -2.36. The minimum atomic E-state index is -0.786. The summed E-state index contributed by atoms with van der Waals surface area (Å²) in [6.07, 6.45) is 0. The highest BCUT2D eigenvalue weighted by Gasteiger charge is 2.36. The first-order valence-corrected chi connectivity index (χ1v) is 9.18. The first-order chi connectivity index (χ1) is 13.7. The largest absolute Gasteiger partial charge is 0.454 e. The Hall–Kier alpha value is -3.48. The fourth-order valence-electron chi connectivity index (χ4n) is 2.98. The van der Waals surface area contributed by atoms with E-state index in [0.717, 1.165) is 10.5 Å². The number of anilines is 2. The number of ketones is 1. The Morgan fingerprint density at radius 3 is 2.31 bits per heavy atom. The fourth-order valence-corrected chi connectivity index (χ4v) is 2.98. The third-order valence-electron chi connectivity index (χ3n) is 4.57. The van der Waals surface area contributed by atoms with Crippen molar-refractivity contribution in [3.63, 3.8) is 0 Å². The molecule has 0 radical (unpaired) electrons. The second-order valence-corrected chi connectivity index (χ2v) is 7.77. The average molecular weight is 394 g/mol. The molecular formula is C22H22N2O5. The van der Waals surface area contributed by atoms with Gasteiger partial charge in [-0.15, -0.1) is 0 Å². The van der Waals surface area contributed by atoms with Gasteiger partial charge in [0.15, 0.2) is 6.61 Å². The summed E-state index contributed by atoms with van der Waals surface area (Å²) in [7, 11) is 0. The number of fused-ring (bicyclic) bond motifs is 1. The van der Waals surface area contributed by atoms with Gasteiger partial charge in [-0.25, -0.2) is 0 Å². The molecule has 2 aromatic rings. The summed E-state index contributed by atoms with van der Waals surface area (Å²) in [4.78, 5) is 49.2. The lowest BCUT2D eigenvalue weighted by molar-refractivity contribution is -0.146. The highest BCUT2D eigenvalue weighted by Crippen LogP contribution is 2.28. The van der Waals surface area contributed by atoms with Crippen LogP contribution in [0.5, 0.6) is 0 Å². The number of carbonyl (C=O) groups is 4. The van der Waals surface area contributed by atoms with E-state index in [2.05, 4.69) is 26.1 Å². The summed E-state index contributed by atoms with van der Waals surface area (Å²) in [5, 5.41) is 2.65. The molecule has 2 amide bonds. The third-order valence-corrected chi connectivity index (χ3v) is 4.57. The van der Waals surface area contributed by atoms with Gasteiger partial charge in [-0.1, -0.05) is 45.0 Å². The van der Waals surface area contributed by atoms with Crippen molar-refractivity contribution >= 4 is 34.9 Å². The summed E-state index contributed by atoms with van der Waals surface area (Å²) in [6, 6.07) is 13.8. The van der Waals surface area contributed by atoms with E-state index in [1.807, 2.05) is 12.1 Å². The number of amides is 2. The van der Waals surface area contributed by atoms with E-state index in [0.29, 0.717) is 11.4 Å². The van der Waals surface area contributed by atoms with E-state index in [-0.39, 0.29) is 11.0 Å². The van der Waals surface area contributed by atoms with E-state index >= 15 is 0 Å². The van der Waals surface area contributed by atoms with E-state index < -0.39 is 36.7 Å². The Morgan fingerprint density at radius 2 is 1.66 bits per heavy atom. The highest BCUT2D eigenvalue weighted by molar-refractivity contribution is 6.52. The first-order valence-electron chi connectivity index (χ1n) is 9.18. The van der Waals surface area contributed by atoms with Crippen LogP contribution in [0.3, 0.4) is 0 Å². The molecule has 0 saturated carbocycles. The van der Waals surface area contributed by atoms with Crippen molar-refractivity contribution in [1.82, 2.24) is 0 Å². The normalized spacial score (nSPS) is 13.3. The number of ether oxygens (including phenoxy) is 1. The number of carbonyl (C=O) groups excluding carboxylic acids is 4. The Morgan fingerprint density at radius 1 is 1.00 bits per heavy atom. The number of esters is 1. The summed E-state index contributed by atoms with van der Waals surface area (Å²) >= 11 is 0. The smallest absolute Gasteiger partial charge is 0.326 e. The van der Waals surface area contributed by atoms with Gasteiger partial charge >= 0.3 is 5.97 Å². The molecule has 7 heteroatoms. The summed E-state index contributed by atoms with van der Waals surface area (Å²) in [5.41, 5.74) is 2.34. The quantitative estimate of drug-likeness (QED) is 0.622. The van der Waals surface area contributed by atoms with Gasteiger partial charge in [0.2, 0.25) is 0 Å². The highest BCUT2D eigenvalue weighted by atomic mass is 16.5. The van der Waals surface area contributed by atoms with Crippen LogP contribution in [0.4, 0.5) is 11.4 Å². The third kappa shape index (κ3) is 4.51. The molecule has 0 aliphatic carbocycles. The zero-order chi connectivity index (χ0) is 21.2. The van der Waals surface area contributed by atoms with E-state index in [4.69, 9.17) is 4.74 Å². The number of nitrogens with zero attached hydrogens (tertiary/aromatic N) is 1. The summed E-state index contributed by atoms with van der Waals surface area (Å²) in [6.45, 7) is 5.36. The van der Waals surface area contributed by atoms with Crippen LogP contribution in [0.1, 0.15) is 36.7 Å². The summed E-state index contributed by atoms with van der Waals surface area (Å²) < 4.78 is 4.96. The van der Waals surface area contributed by atoms with Crippen LogP contribution < -0.4 is 10.2 Å². The number of benzene rings is 2.